The Morgan fingerprint density at radius 3 is 2.66 bits per heavy atom. The predicted molar refractivity (Wildman–Crippen MR) is 114 cm³/mol. The summed E-state index contributed by atoms with van der Waals surface area (Å²) in [4.78, 5) is 21.0. The van der Waals surface area contributed by atoms with Gasteiger partial charge in [-0.25, -0.2) is 9.78 Å². The van der Waals surface area contributed by atoms with Crippen molar-refractivity contribution < 1.29 is 9.90 Å². The Morgan fingerprint density at radius 1 is 1.10 bits per heavy atom. The number of aromatic nitrogens is 1. The lowest BCUT2D eigenvalue weighted by atomic mass is 10.00. The number of anilines is 2. The van der Waals surface area contributed by atoms with E-state index in [9.17, 15) is 9.90 Å². The van der Waals surface area contributed by atoms with Crippen molar-refractivity contribution >= 4 is 17.5 Å². The normalized spacial score (nSPS) is 17.6. The summed E-state index contributed by atoms with van der Waals surface area (Å²) in [6.07, 6.45) is 4.47. The van der Waals surface area contributed by atoms with E-state index in [0.717, 1.165) is 38.4 Å². The van der Waals surface area contributed by atoms with Crippen LogP contribution >= 0.6 is 0 Å². The van der Waals surface area contributed by atoms with Crippen LogP contribution in [0.15, 0.2) is 42.6 Å². The standard InChI is InChI=1S/C22H29N5O2/c28-20(16-26-12-9-17-5-1-2-6-18(17)15-26)14-24-22(29)25-19-7-8-21(23-13-19)27-10-3-4-11-27/h1-2,5-8,13,20,28H,3-4,9-12,14-16H2,(H2,24,25,29). The monoisotopic (exact) mass is 395 g/mol. The van der Waals surface area contributed by atoms with E-state index in [-0.39, 0.29) is 12.6 Å². The van der Waals surface area contributed by atoms with Crippen molar-refractivity contribution in [2.75, 3.05) is 42.9 Å². The number of nitrogens with one attached hydrogen (secondary N) is 2. The van der Waals surface area contributed by atoms with Gasteiger partial charge in [-0.2, -0.15) is 0 Å². The molecule has 1 unspecified atom stereocenters. The van der Waals surface area contributed by atoms with Crippen LogP contribution in [0.4, 0.5) is 16.3 Å². The lowest BCUT2D eigenvalue weighted by Crippen LogP contribution is -2.42. The van der Waals surface area contributed by atoms with E-state index in [1.165, 1.54) is 24.0 Å². The lowest BCUT2D eigenvalue weighted by Gasteiger charge is -2.30. The Kier molecular flexibility index (Phi) is 6.27. The Bertz CT molecular complexity index is 820. The molecule has 0 radical (unpaired) electrons. The van der Waals surface area contributed by atoms with Gasteiger partial charge in [-0.15, -0.1) is 0 Å². The number of nitrogens with zero attached hydrogens (tertiary/aromatic N) is 3. The van der Waals surface area contributed by atoms with Crippen LogP contribution in [0, 0.1) is 0 Å². The Labute approximate surface area is 171 Å². The van der Waals surface area contributed by atoms with Crippen LogP contribution in [0.1, 0.15) is 24.0 Å². The van der Waals surface area contributed by atoms with E-state index in [1.54, 1.807) is 6.20 Å². The summed E-state index contributed by atoms with van der Waals surface area (Å²) in [7, 11) is 0. The van der Waals surface area contributed by atoms with Crippen LogP contribution in [0.2, 0.25) is 0 Å². The highest BCUT2D eigenvalue weighted by Gasteiger charge is 2.19. The molecule has 0 aliphatic carbocycles. The lowest BCUT2D eigenvalue weighted by molar-refractivity contribution is 0.106. The minimum Gasteiger partial charge on any atom is -0.390 e. The molecule has 29 heavy (non-hydrogen) atoms. The molecule has 1 saturated heterocycles. The SMILES string of the molecule is O=C(NCC(O)CN1CCc2ccccc2C1)Nc1ccc(N2CCCC2)nc1. The largest absolute Gasteiger partial charge is 0.390 e. The number of carbonyl (C=O) groups excluding carboxylic acids is 1. The van der Waals surface area contributed by atoms with Crippen LogP contribution in [-0.4, -0.2) is 59.8 Å². The van der Waals surface area contributed by atoms with Gasteiger partial charge < -0.3 is 20.6 Å². The predicted octanol–water partition coefficient (Wildman–Crippen LogP) is 2.22. The first-order valence-electron chi connectivity index (χ1n) is 10.4. The molecule has 0 spiro atoms. The molecule has 1 aromatic heterocycles. The third kappa shape index (κ3) is 5.25. The maximum absolute atomic E-state index is 12.1. The van der Waals surface area contributed by atoms with Crippen molar-refractivity contribution in [3.8, 4) is 0 Å². The average molecular weight is 396 g/mol. The summed E-state index contributed by atoms with van der Waals surface area (Å²) in [5.74, 6) is 0.951. The summed E-state index contributed by atoms with van der Waals surface area (Å²) >= 11 is 0. The van der Waals surface area contributed by atoms with E-state index in [0.29, 0.717) is 12.2 Å². The van der Waals surface area contributed by atoms with Crippen LogP contribution in [0.25, 0.3) is 0 Å². The zero-order chi connectivity index (χ0) is 20.1. The Balaban J connectivity index is 1.19. The van der Waals surface area contributed by atoms with Crippen LogP contribution in [-0.2, 0) is 13.0 Å². The van der Waals surface area contributed by atoms with Gasteiger partial charge in [0.1, 0.15) is 5.82 Å². The first-order chi connectivity index (χ1) is 14.2. The summed E-state index contributed by atoms with van der Waals surface area (Å²) < 4.78 is 0. The number of rotatable bonds is 6. The fraction of sp³-hybridized carbons (Fsp3) is 0.455. The highest BCUT2D eigenvalue weighted by atomic mass is 16.3. The smallest absolute Gasteiger partial charge is 0.319 e. The number of benzene rings is 1. The number of amides is 2. The second-order valence-electron chi connectivity index (χ2n) is 7.84. The molecule has 0 saturated carbocycles. The number of hydrogen-bond donors (Lipinski definition) is 3. The van der Waals surface area contributed by atoms with Crippen molar-refractivity contribution in [3.63, 3.8) is 0 Å². The molecule has 1 fully saturated rings. The Hall–Kier alpha value is -2.64. The number of urea groups is 1. The van der Waals surface area contributed by atoms with E-state index in [2.05, 4.69) is 49.7 Å². The molecular formula is C22H29N5O2. The highest BCUT2D eigenvalue weighted by molar-refractivity contribution is 5.89. The van der Waals surface area contributed by atoms with Gasteiger partial charge in [0, 0.05) is 39.3 Å². The first kappa shape index (κ1) is 19.7. The van der Waals surface area contributed by atoms with E-state index in [1.807, 2.05) is 12.1 Å². The number of fused-ring (bicyclic) bond motifs is 1. The molecule has 3 heterocycles. The summed E-state index contributed by atoms with van der Waals surface area (Å²) in [5.41, 5.74) is 3.36. The second-order valence-corrected chi connectivity index (χ2v) is 7.84. The molecule has 7 heteroatoms. The van der Waals surface area contributed by atoms with E-state index in [4.69, 9.17) is 0 Å². The molecule has 2 aromatic rings. The number of aliphatic hydroxyl groups excluding tert-OH is 1. The minimum atomic E-state index is -0.610. The zero-order valence-electron chi connectivity index (χ0n) is 16.7. The van der Waals surface area contributed by atoms with Crippen molar-refractivity contribution in [1.82, 2.24) is 15.2 Å². The quantitative estimate of drug-likeness (QED) is 0.699. The van der Waals surface area contributed by atoms with Gasteiger partial charge in [0.25, 0.3) is 0 Å². The number of β-amino-alcohol motifs (C(OH)–C–C–N with tert-alkyl or cyclic N) is 1. The average Bonchev–Trinajstić information content (AvgIpc) is 3.28. The van der Waals surface area contributed by atoms with Gasteiger partial charge >= 0.3 is 6.03 Å². The molecule has 2 amide bonds. The first-order valence-corrected chi connectivity index (χ1v) is 10.4. The zero-order valence-corrected chi connectivity index (χ0v) is 16.7. The van der Waals surface area contributed by atoms with Crippen LogP contribution in [0.5, 0.6) is 0 Å². The van der Waals surface area contributed by atoms with Gasteiger partial charge in [0.2, 0.25) is 0 Å². The van der Waals surface area contributed by atoms with E-state index >= 15 is 0 Å². The van der Waals surface area contributed by atoms with Crippen LogP contribution < -0.4 is 15.5 Å². The third-order valence-electron chi connectivity index (χ3n) is 5.61. The van der Waals surface area contributed by atoms with Gasteiger partial charge in [-0.3, -0.25) is 4.90 Å². The van der Waals surface area contributed by atoms with Gasteiger partial charge in [-0.1, -0.05) is 24.3 Å². The van der Waals surface area contributed by atoms with Gasteiger partial charge in [-0.05, 0) is 42.5 Å². The van der Waals surface area contributed by atoms with Gasteiger partial charge in [0.15, 0.2) is 0 Å². The summed E-state index contributed by atoms with van der Waals surface area (Å²) in [6, 6.07) is 11.9. The second kappa shape index (κ2) is 9.24. The summed E-state index contributed by atoms with van der Waals surface area (Å²) in [5, 5.41) is 15.8. The Morgan fingerprint density at radius 2 is 1.90 bits per heavy atom. The molecule has 154 valence electrons. The number of pyridine rings is 1. The third-order valence-corrected chi connectivity index (χ3v) is 5.61. The van der Waals surface area contributed by atoms with E-state index < -0.39 is 6.10 Å². The molecule has 1 aromatic carbocycles. The van der Waals surface area contributed by atoms with Crippen molar-refractivity contribution in [3.05, 3.63) is 53.7 Å². The summed E-state index contributed by atoms with van der Waals surface area (Å²) in [6.45, 7) is 4.61. The number of aliphatic hydroxyl groups is 1. The highest BCUT2D eigenvalue weighted by Crippen LogP contribution is 2.19. The van der Waals surface area contributed by atoms with Crippen molar-refractivity contribution in [2.45, 2.75) is 31.9 Å². The van der Waals surface area contributed by atoms with Crippen molar-refractivity contribution in [1.29, 1.82) is 0 Å². The van der Waals surface area contributed by atoms with Crippen molar-refractivity contribution in [2.24, 2.45) is 0 Å². The maximum Gasteiger partial charge on any atom is 0.319 e. The molecular weight excluding hydrogens is 366 g/mol. The molecule has 2 aliphatic heterocycles. The topological polar surface area (TPSA) is 80.7 Å². The fourth-order valence-electron chi connectivity index (χ4n) is 4.05. The number of hydrogen-bond acceptors (Lipinski definition) is 5. The molecule has 2 aliphatic rings. The molecule has 0 bridgehead atoms. The van der Waals surface area contributed by atoms with Gasteiger partial charge in [0.05, 0.1) is 18.0 Å². The number of carbonyl (C=O) groups is 1. The minimum absolute atomic E-state index is 0.212. The molecule has 4 rings (SSSR count). The fourth-order valence-corrected chi connectivity index (χ4v) is 4.05. The molecule has 3 N–H and O–H groups in total. The maximum atomic E-state index is 12.1. The molecule has 7 nitrogen and oxygen atoms in total. The molecule has 1 atom stereocenters. The van der Waals surface area contributed by atoms with Crippen LogP contribution in [0.3, 0.4) is 0 Å².